The molecule has 0 saturated carbocycles. The van der Waals surface area contributed by atoms with E-state index in [-0.39, 0.29) is 31.1 Å². The van der Waals surface area contributed by atoms with Crippen molar-refractivity contribution in [3.8, 4) is 0 Å². The summed E-state index contributed by atoms with van der Waals surface area (Å²) in [5.41, 5.74) is 0. The first kappa shape index (κ1) is 47.4. The maximum atomic E-state index is 12.6. The smallest absolute Gasteiger partial charge is 0.306 e. The molecule has 0 aliphatic heterocycles. The minimum atomic E-state index is -0.757. The highest BCUT2D eigenvalue weighted by atomic mass is 16.6. The molecule has 0 aliphatic carbocycles. The third-order valence-electron chi connectivity index (χ3n) is 9.90. The van der Waals surface area contributed by atoms with Gasteiger partial charge in [-0.05, 0) is 25.2 Å². The van der Waals surface area contributed by atoms with Crippen molar-refractivity contribution in [1.82, 2.24) is 0 Å². The number of hydrogen-bond acceptors (Lipinski definition) is 6. The van der Waals surface area contributed by atoms with Gasteiger partial charge in [0.25, 0.3) is 0 Å². The molecule has 0 aromatic carbocycles. The van der Waals surface area contributed by atoms with Crippen LogP contribution in [0.5, 0.6) is 0 Å². The molecule has 2 atom stereocenters. The summed E-state index contributed by atoms with van der Waals surface area (Å²) < 4.78 is 16.6. The lowest BCUT2D eigenvalue weighted by Gasteiger charge is -2.18. The SMILES string of the molecule is CCCCCCCCCCCCC(=O)O[C@@H](COC(=O)CCCCCCCCCCC)COC(=O)CCCCCCCCCCC(C)CC. The molecule has 0 N–H and O–H groups in total. The number of ether oxygens (including phenoxy) is 3. The largest absolute Gasteiger partial charge is 0.462 e. The molecular formula is C43H82O6. The summed E-state index contributed by atoms with van der Waals surface area (Å²) in [6.07, 6.45) is 35.1. The van der Waals surface area contributed by atoms with Crippen LogP contribution in [-0.4, -0.2) is 37.2 Å². The number of rotatable bonds is 38. The zero-order valence-electron chi connectivity index (χ0n) is 33.1. The van der Waals surface area contributed by atoms with E-state index in [0.717, 1.165) is 63.7 Å². The molecule has 49 heavy (non-hydrogen) atoms. The van der Waals surface area contributed by atoms with Crippen LogP contribution in [0.1, 0.15) is 233 Å². The van der Waals surface area contributed by atoms with Crippen LogP contribution in [-0.2, 0) is 28.6 Å². The summed E-state index contributed by atoms with van der Waals surface area (Å²) in [6, 6.07) is 0. The van der Waals surface area contributed by atoms with Crippen molar-refractivity contribution in [2.45, 2.75) is 239 Å². The Hall–Kier alpha value is -1.59. The lowest BCUT2D eigenvalue weighted by molar-refractivity contribution is -0.167. The van der Waals surface area contributed by atoms with Gasteiger partial charge in [-0.25, -0.2) is 0 Å². The van der Waals surface area contributed by atoms with Crippen LogP contribution in [0.4, 0.5) is 0 Å². The van der Waals surface area contributed by atoms with Gasteiger partial charge in [-0.1, -0.05) is 195 Å². The van der Waals surface area contributed by atoms with E-state index in [1.807, 2.05) is 0 Å². The molecule has 6 heteroatoms. The van der Waals surface area contributed by atoms with E-state index in [9.17, 15) is 14.4 Å². The van der Waals surface area contributed by atoms with Crippen molar-refractivity contribution in [1.29, 1.82) is 0 Å². The summed E-state index contributed by atoms with van der Waals surface area (Å²) in [7, 11) is 0. The number of carbonyl (C=O) groups excluding carboxylic acids is 3. The third kappa shape index (κ3) is 36.0. The molecule has 0 radical (unpaired) electrons. The van der Waals surface area contributed by atoms with Gasteiger partial charge in [0.1, 0.15) is 13.2 Å². The lowest BCUT2D eigenvalue weighted by atomic mass is 9.99. The number of carbonyl (C=O) groups is 3. The second-order valence-corrected chi connectivity index (χ2v) is 14.9. The Labute approximate surface area is 304 Å². The fourth-order valence-corrected chi connectivity index (χ4v) is 6.24. The van der Waals surface area contributed by atoms with Crippen LogP contribution in [0.15, 0.2) is 0 Å². The molecule has 0 aromatic heterocycles. The average molecular weight is 695 g/mol. The van der Waals surface area contributed by atoms with Crippen molar-refractivity contribution in [3.05, 3.63) is 0 Å². The fourth-order valence-electron chi connectivity index (χ4n) is 6.24. The standard InChI is InChI=1S/C43H82O6/c1-5-8-10-12-14-16-18-24-28-32-36-43(46)49-40(37-47-41(44)34-30-26-22-17-15-13-11-9-6-2)38-48-42(45)35-31-27-23-20-19-21-25-29-33-39(4)7-3/h39-40H,5-38H2,1-4H3/t39?,40-/m0/s1. The van der Waals surface area contributed by atoms with Crippen LogP contribution in [0.3, 0.4) is 0 Å². The quantitative estimate of drug-likeness (QED) is 0.0364. The zero-order chi connectivity index (χ0) is 36.0. The van der Waals surface area contributed by atoms with Gasteiger partial charge in [0.15, 0.2) is 6.10 Å². The molecule has 0 aliphatic rings. The normalized spacial score (nSPS) is 12.5. The summed E-state index contributed by atoms with van der Waals surface area (Å²) in [5.74, 6) is -0.0151. The summed E-state index contributed by atoms with van der Waals surface area (Å²) >= 11 is 0. The molecule has 0 aromatic rings. The molecule has 0 heterocycles. The van der Waals surface area contributed by atoms with E-state index in [4.69, 9.17) is 14.2 Å². The average Bonchev–Trinajstić information content (AvgIpc) is 3.10. The van der Waals surface area contributed by atoms with Gasteiger partial charge in [0.05, 0.1) is 0 Å². The minimum absolute atomic E-state index is 0.0648. The van der Waals surface area contributed by atoms with E-state index in [2.05, 4.69) is 27.7 Å². The molecule has 1 unspecified atom stereocenters. The minimum Gasteiger partial charge on any atom is -0.462 e. The predicted molar refractivity (Wildman–Crippen MR) is 206 cm³/mol. The first-order valence-corrected chi connectivity index (χ1v) is 21.4. The van der Waals surface area contributed by atoms with E-state index in [1.54, 1.807) is 0 Å². The number of unbranched alkanes of at least 4 members (excludes halogenated alkanes) is 24. The van der Waals surface area contributed by atoms with Gasteiger partial charge < -0.3 is 14.2 Å². The second kappa shape index (κ2) is 37.7. The monoisotopic (exact) mass is 695 g/mol. The summed E-state index contributed by atoms with van der Waals surface area (Å²) in [4.78, 5) is 37.5. The van der Waals surface area contributed by atoms with Gasteiger partial charge in [-0.3, -0.25) is 14.4 Å². The van der Waals surface area contributed by atoms with Crippen LogP contribution in [0, 0.1) is 5.92 Å². The van der Waals surface area contributed by atoms with E-state index in [1.165, 1.54) is 128 Å². The molecule has 290 valence electrons. The molecule has 0 fully saturated rings. The van der Waals surface area contributed by atoms with Crippen molar-refractivity contribution in [2.24, 2.45) is 5.92 Å². The number of hydrogen-bond donors (Lipinski definition) is 0. The summed E-state index contributed by atoms with van der Waals surface area (Å²) in [5, 5.41) is 0. The lowest BCUT2D eigenvalue weighted by Crippen LogP contribution is -2.30. The topological polar surface area (TPSA) is 78.9 Å². The van der Waals surface area contributed by atoms with Crippen LogP contribution in [0.2, 0.25) is 0 Å². The number of esters is 3. The first-order valence-electron chi connectivity index (χ1n) is 21.4. The second-order valence-electron chi connectivity index (χ2n) is 14.9. The molecule has 0 bridgehead atoms. The highest BCUT2D eigenvalue weighted by Gasteiger charge is 2.19. The fraction of sp³-hybridized carbons (Fsp3) is 0.930. The predicted octanol–water partition coefficient (Wildman–Crippen LogP) is 13.2. The molecular weight excluding hydrogens is 612 g/mol. The van der Waals surface area contributed by atoms with E-state index in [0.29, 0.717) is 19.3 Å². The molecule has 0 saturated heterocycles. The van der Waals surface area contributed by atoms with Crippen molar-refractivity contribution >= 4 is 17.9 Å². The van der Waals surface area contributed by atoms with Crippen LogP contribution >= 0.6 is 0 Å². The first-order chi connectivity index (χ1) is 23.9. The van der Waals surface area contributed by atoms with Gasteiger partial charge in [0, 0.05) is 19.3 Å². The Kier molecular flexibility index (Phi) is 36.4. The molecule has 0 rings (SSSR count). The van der Waals surface area contributed by atoms with Gasteiger partial charge in [0.2, 0.25) is 0 Å². The maximum absolute atomic E-state index is 12.6. The molecule has 0 amide bonds. The van der Waals surface area contributed by atoms with Crippen molar-refractivity contribution in [2.75, 3.05) is 13.2 Å². The van der Waals surface area contributed by atoms with Crippen LogP contribution < -0.4 is 0 Å². The van der Waals surface area contributed by atoms with Crippen LogP contribution in [0.25, 0.3) is 0 Å². The molecule has 6 nitrogen and oxygen atoms in total. The van der Waals surface area contributed by atoms with Crippen molar-refractivity contribution in [3.63, 3.8) is 0 Å². The Morgan fingerprint density at radius 2 is 0.714 bits per heavy atom. The van der Waals surface area contributed by atoms with Gasteiger partial charge >= 0.3 is 17.9 Å². The Morgan fingerprint density at radius 1 is 0.408 bits per heavy atom. The van der Waals surface area contributed by atoms with E-state index < -0.39 is 6.10 Å². The van der Waals surface area contributed by atoms with Gasteiger partial charge in [-0.15, -0.1) is 0 Å². The van der Waals surface area contributed by atoms with Gasteiger partial charge in [-0.2, -0.15) is 0 Å². The Bertz CT molecular complexity index is 738. The zero-order valence-corrected chi connectivity index (χ0v) is 33.1. The Balaban J connectivity index is 4.34. The Morgan fingerprint density at radius 3 is 1.06 bits per heavy atom. The molecule has 0 spiro atoms. The summed E-state index contributed by atoms with van der Waals surface area (Å²) in [6.45, 7) is 8.96. The highest BCUT2D eigenvalue weighted by molar-refractivity contribution is 5.71. The highest BCUT2D eigenvalue weighted by Crippen LogP contribution is 2.16. The maximum Gasteiger partial charge on any atom is 0.306 e. The van der Waals surface area contributed by atoms with E-state index >= 15 is 0 Å². The third-order valence-corrected chi connectivity index (χ3v) is 9.90. The van der Waals surface area contributed by atoms with Crippen molar-refractivity contribution < 1.29 is 28.6 Å².